The fourth-order valence-electron chi connectivity index (χ4n) is 1.52. The zero-order valence-corrected chi connectivity index (χ0v) is 14.2. The molecule has 0 aliphatic carbocycles. The number of phenols is 1. The molecule has 2 N–H and O–H groups in total. The third-order valence-corrected chi connectivity index (χ3v) is 3.09. The van der Waals surface area contributed by atoms with Crippen LogP contribution in [-0.2, 0) is 4.74 Å². The maximum absolute atomic E-state index is 11.5. The highest BCUT2D eigenvalue weighted by atomic mass is 79.9. The van der Waals surface area contributed by atoms with E-state index < -0.39 is 11.7 Å². The van der Waals surface area contributed by atoms with Crippen molar-refractivity contribution < 1.29 is 19.4 Å². The van der Waals surface area contributed by atoms with Crippen LogP contribution in [-0.4, -0.2) is 30.5 Å². The van der Waals surface area contributed by atoms with E-state index in [9.17, 15) is 9.90 Å². The van der Waals surface area contributed by atoms with Crippen molar-refractivity contribution in [1.29, 1.82) is 0 Å². The number of hydrogen-bond donors (Lipinski definition) is 2. The van der Waals surface area contributed by atoms with Crippen molar-refractivity contribution in [3.8, 4) is 11.5 Å². The first-order chi connectivity index (χ1) is 9.74. The number of halogens is 1. The lowest BCUT2D eigenvalue weighted by Crippen LogP contribution is -2.32. The van der Waals surface area contributed by atoms with Gasteiger partial charge in [0.2, 0.25) is 0 Å². The Labute approximate surface area is 133 Å². The molecule has 1 aromatic carbocycles. The molecular formula is C15H20BrNO4. The smallest absolute Gasteiger partial charge is 0.407 e. The Bertz CT molecular complexity index is 535. The summed E-state index contributed by atoms with van der Waals surface area (Å²) in [5, 5.41) is 12.6. The molecule has 6 heteroatoms. The molecule has 0 aromatic heterocycles. The monoisotopic (exact) mass is 357 g/mol. The van der Waals surface area contributed by atoms with E-state index in [1.165, 1.54) is 7.11 Å². The van der Waals surface area contributed by atoms with Crippen LogP contribution in [0.25, 0.3) is 6.08 Å². The fraction of sp³-hybridized carbons (Fsp3) is 0.400. The van der Waals surface area contributed by atoms with Gasteiger partial charge >= 0.3 is 6.09 Å². The van der Waals surface area contributed by atoms with Gasteiger partial charge in [0.1, 0.15) is 5.60 Å². The van der Waals surface area contributed by atoms with Crippen molar-refractivity contribution in [3.63, 3.8) is 0 Å². The van der Waals surface area contributed by atoms with Crippen LogP contribution in [0.3, 0.4) is 0 Å². The number of hydrogen-bond acceptors (Lipinski definition) is 4. The summed E-state index contributed by atoms with van der Waals surface area (Å²) in [5.74, 6) is 0.429. The van der Waals surface area contributed by atoms with Crippen LogP contribution in [0.5, 0.6) is 11.5 Å². The molecule has 1 rings (SSSR count). The van der Waals surface area contributed by atoms with Crippen LogP contribution >= 0.6 is 15.9 Å². The van der Waals surface area contributed by atoms with Crippen LogP contribution in [0, 0.1) is 0 Å². The van der Waals surface area contributed by atoms with Crippen molar-refractivity contribution in [1.82, 2.24) is 5.32 Å². The van der Waals surface area contributed by atoms with Gasteiger partial charge in [0, 0.05) is 16.6 Å². The molecule has 0 heterocycles. The Balaban J connectivity index is 2.64. The highest BCUT2D eigenvalue weighted by molar-refractivity contribution is 9.10. The number of ether oxygens (including phenoxy) is 2. The molecule has 21 heavy (non-hydrogen) atoms. The second kappa shape index (κ2) is 7.36. The number of rotatable bonds is 4. The number of benzene rings is 1. The molecule has 1 aromatic rings. The Morgan fingerprint density at radius 3 is 2.67 bits per heavy atom. The van der Waals surface area contributed by atoms with Crippen LogP contribution in [0.4, 0.5) is 4.79 Å². The number of carbonyl (C=O) groups excluding carboxylic acids is 1. The number of alkyl carbamates (subject to hydrolysis) is 1. The minimum Gasteiger partial charge on any atom is -0.504 e. The summed E-state index contributed by atoms with van der Waals surface area (Å²) in [4.78, 5) is 11.5. The molecule has 0 fully saturated rings. The predicted molar refractivity (Wildman–Crippen MR) is 85.6 cm³/mol. The quantitative estimate of drug-likeness (QED) is 0.861. The third-order valence-electron chi connectivity index (χ3n) is 2.39. The highest BCUT2D eigenvalue weighted by Gasteiger charge is 2.15. The molecule has 0 aliphatic rings. The van der Waals surface area contributed by atoms with Crippen LogP contribution in [0.15, 0.2) is 22.7 Å². The fourth-order valence-corrected chi connectivity index (χ4v) is 1.97. The van der Waals surface area contributed by atoms with E-state index >= 15 is 0 Å². The SMILES string of the molecule is COc1ccc(Br)c(C=CCNC(=O)OC(C)(C)C)c1O. The predicted octanol–water partition coefficient (Wildman–Crippen LogP) is 3.70. The van der Waals surface area contributed by atoms with Crippen molar-refractivity contribution in [2.45, 2.75) is 26.4 Å². The van der Waals surface area contributed by atoms with Gasteiger partial charge in [-0.2, -0.15) is 0 Å². The molecule has 0 saturated heterocycles. The molecule has 0 radical (unpaired) electrons. The average molecular weight is 358 g/mol. The first-order valence-corrected chi connectivity index (χ1v) is 7.22. The van der Waals surface area contributed by atoms with Crippen molar-refractivity contribution in [2.24, 2.45) is 0 Å². The number of aromatic hydroxyl groups is 1. The lowest BCUT2D eigenvalue weighted by molar-refractivity contribution is 0.0534. The Hall–Kier alpha value is -1.69. The van der Waals surface area contributed by atoms with Gasteiger partial charge in [-0.3, -0.25) is 0 Å². The summed E-state index contributed by atoms with van der Waals surface area (Å²) >= 11 is 3.35. The van der Waals surface area contributed by atoms with Crippen LogP contribution < -0.4 is 10.1 Å². The van der Waals surface area contributed by atoms with Crippen LogP contribution in [0.2, 0.25) is 0 Å². The van der Waals surface area contributed by atoms with Crippen molar-refractivity contribution >= 4 is 28.1 Å². The second-order valence-corrected chi connectivity index (χ2v) is 6.15. The molecule has 116 valence electrons. The van der Waals surface area contributed by atoms with E-state index in [1.807, 2.05) is 0 Å². The standard InChI is InChI=1S/C15H20BrNO4/c1-15(2,3)21-14(19)17-9-5-6-10-11(16)7-8-12(20-4)13(10)18/h5-8,18H,9H2,1-4H3,(H,17,19). The Kier molecular flexibility index (Phi) is 6.08. The van der Waals surface area contributed by atoms with E-state index in [2.05, 4.69) is 21.2 Å². The van der Waals surface area contributed by atoms with Crippen LogP contribution in [0.1, 0.15) is 26.3 Å². The summed E-state index contributed by atoms with van der Waals surface area (Å²) in [5.41, 5.74) is 0.0577. The zero-order valence-electron chi connectivity index (χ0n) is 12.6. The second-order valence-electron chi connectivity index (χ2n) is 5.30. The van der Waals surface area contributed by atoms with Gasteiger partial charge in [-0.1, -0.05) is 28.1 Å². The summed E-state index contributed by atoms with van der Waals surface area (Å²) in [6.07, 6.45) is 2.92. The largest absolute Gasteiger partial charge is 0.504 e. The number of phenolic OH excluding ortho intramolecular Hbond substituents is 1. The lowest BCUT2D eigenvalue weighted by atomic mass is 10.1. The third kappa shape index (κ3) is 5.67. The molecule has 0 aliphatic heterocycles. The molecule has 5 nitrogen and oxygen atoms in total. The van der Waals surface area contributed by atoms with Gasteiger partial charge in [-0.05, 0) is 32.9 Å². The van der Waals surface area contributed by atoms with E-state index in [0.29, 0.717) is 11.3 Å². The van der Waals surface area contributed by atoms with E-state index in [-0.39, 0.29) is 12.3 Å². The van der Waals surface area contributed by atoms with Gasteiger partial charge in [0.25, 0.3) is 0 Å². The zero-order chi connectivity index (χ0) is 16.0. The number of methoxy groups -OCH3 is 1. The van der Waals surface area contributed by atoms with Gasteiger partial charge in [-0.15, -0.1) is 0 Å². The highest BCUT2D eigenvalue weighted by Crippen LogP contribution is 2.35. The molecule has 1 amide bonds. The van der Waals surface area contributed by atoms with Gasteiger partial charge in [-0.25, -0.2) is 4.79 Å². The summed E-state index contributed by atoms with van der Waals surface area (Å²) in [6, 6.07) is 3.44. The topological polar surface area (TPSA) is 67.8 Å². The molecule has 0 unspecified atom stereocenters. The van der Waals surface area contributed by atoms with Gasteiger partial charge < -0.3 is 19.9 Å². The molecule has 0 spiro atoms. The Morgan fingerprint density at radius 1 is 1.43 bits per heavy atom. The average Bonchev–Trinajstić information content (AvgIpc) is 2.35. The maximum atomic E-state index is 11.5. The summed E-state index contributed by atoms with van der Waals surface area (Å²) < 4.78 is 10.9. The number of carbonyl (C=O) groups is 1. The maximum Gasteiger partial charge on any atom is 0.407 e. The van der Waals surface area contributed by atoms with E-state index in [4.69, 9.17) is 9.47 Å². The summed E-state index contributed by atoms with van der Waals surface area (Å²) in [6.45, 7) is 5.69. The molecular weight excluding hydrogens is 338 g/mol. The lowest BCUT2D eigenvalue weighted by Gasteiger charge is -2.19. The van der Waals surface area contributed by atoms with Crippen molar-refractivity contribution in [2.75, 3.05) is 13.7 Å². The minimum absolute atomic E-state index is 0.0420. The van der Waals surface area contributed by atoms with E-state index in [0.717, 1.165) is 4.47 Å². The minimum atomic E-state index is -0.526. The molecule has 0 bridgehead atoms. The molecule has 0 atom stereocenters. The van der Waals surface area contributed by atoms with Crippen molar-refractivity contribution in [3.05, 3.63) is 28.2 Å². The number of amides is 1. The first kappa shape index (κ1) is 17.4. The van der Waals surface area contributed by atoms with E-state index in [1.54, 1.807) is 45.1 Å². The normalized spacial score (nSPS) is 11.5. The van der Waals surface area contributed by atoms with Gasteiger partial charge in [0.05, 0.1) is 7.11 Å². The Morgan fingerprint density at radius 2 is 2.10 bits per heavy atom. The molecule has 0 saturated carbocycles. The first-order valence-electron chi connectivity index (χ1n) is 6.43. The summed E-state index contributed by atoms with van der Waals surface area (Å²) in [7, 11) is 1.49. The number of nitrogens with one attached hydrogen (secondary N) is 1. The van der Waals surface area contributed by atoms with Gasteiger partial charge in [0.15, 0.2) is 11.5 Å².